The Morgan fingerprint density at radius 2 is 2.13 bits per heavy atom. The number of aliphatic hydroxyl groups is 1. The molecule has 4 nitrogen and oxygen atoms in total. The maximum atomic E-state index is 11.5. The molecule has 2 N–H and O–H groups in total. The highest BCUT2D eigenvalue weighted by Gasteiger charge is 2.39. The molecule has 1 aliphatic carbocycles. The van der Waals surface area contributed by atoms with Gasteiger partial charge >= 0.3 is 0 Å². The van der Waals surface area contributed by atoms with Gasteiger partial charge in [-0.2, -0.15) is 0 Å². The number of likely N-dealkylation sites (N-methyl/N-ethyl adjacent to an activating group) is 1. The van der Waals surface area contributed by atoms with Gasteiger partial charge in [-0.3, -0.25) is 4.79 Å². The molecule has 0 saturated heterocycles. The van der Waals surface area contributed by atoms with Crippen LogP contribution in [-0.2, 0) is 4.79 Å². The quantitative estimate of drug-likeness (QED) is 0.681. The molecule has 15 heavy (non-hydrogen) atoms. The lowest BCUT2D eigenvalue weighted by atomic mass is 10.1. The van der Waals surface area contributed by atoms with Crippen molar-refractivity contribution in [3.05, 3.63) is 0 Å². The van der Waals surface area contributed by atoms with Gasteiger partial charge in [-0.15, -0.1) is 0 Å². The van der Waals surface area contributed by atoms with Crippen molar-refractivity contribution >= 4 is 5.91 Å². The molecule has 1 aliphatic rings. The first-order valence-electron chi connectivity index (χ1n) is 5.46. The van der Waals surface area contributed by atoms with Gasteiger partial charge in [0.15, 0.2) is 0 Å². The summed E-state index contributed by atoms with van der Waals surface area (Å²) in [6.45, 7) is 4.69. The maximum absolute atomic E-state index is 11.5. The van der Waals surface area contributed by atoms with E-state index >= 15 is 0 Å². The van der Waals surface area contributed by atoms with Crippen molar-refractivity contribution in [2.75, 3.05) is 27.2 Å². The van der Waals surface area contributed by atoms with Crippen molar-refractivity contribution in [2.45, 2.75) is 25.9 Å². The molecule has 0 aliphatic heterocycles. The summed E-state index contributed by atoms with van der Waals surface area (Å²) in [4.78, 5) is 13.4. The molecule has 3 unspecified atom stereocenters. The molecule has 1 fully saturated rings. The van der Waals surface area contributed by atoms with Gasteiger partial charge in [0.1, 0.15) is 0 Å². The van der Waals surface area contributed by atoms with Crippen molar-refractivity contribution in [1.82, 2.24) is 10.2 Å². The number of hydrogen-bond acceptors (Lipinski definition) is 3. The first-order chi connectivity index (χ1) is 6.82. The minimum Gasteiger partial charge on any atom is -0.387 e. The summed E-state index contributed by atoms with van der Waals surface area (Å²) in [5, 5.41) is 12.8. The zero-order valence-corrected chi connectivity index (χ0v) is 10.1. The zero-order valence-electron chi connectivity index (χ0n) is 10.1. The predicted molar refractivity (Wildman–Crippen MR) is 59.5 cm³/mol. The van der Waals surface area contributed by atoms with E-state index < -0.39 is 5.60 Å². The molecule has 1 saturated carbocycles. The molecular weight excluding hydrogens is 192 g/mol. The molecule has 1 amide bonds. The van der Waals surface area contributed by atoms with Crippen molar-refractivity contribution in [2.24, 2.45) is 11.8 Å². The maximum Gasteiger partial charge on any atom is 0.223 e. The number of hydrogen-bond donors (Lipinski definition) is 2. The van der Waals surface area contributed by atoms with Crippen molar-refractivity contribution in [1.29, 1.82) is 0 Å². The van der Waals surface area contributed by atoms with Crippen LogP contribution in [0.4, 0.5) is 0 Å². The molecule has 0 heterocycles. The Labute approximate surface area is 91.6 Å². The molecule has 4 heteroatoms. The van der Waals surface area contributed by atoms with Gasteiger partial charge in [-0.1, -0.05) is 6.92 Å². The highest BCUT2D eigenvalue weighted by molar-refractivity contribution is 5.81. The summed E-state index contributed by atoms with van der Waals surface area (Å²) in [6, 6.07) is 0. The summed E-state index contributed by atoms with van der Waals surface area (Å²) in [5.74, 6) is 0.783. The fourth-order valence-corrected chi connectivity index (χ4v) is 1.83. The van der Waals surface area contributed by atoms with Crippen LogP contribution in [0.2, 0.25) is 0 Å². The van der Waals surface area contributed by atoms with Gasteiger partial charge in [-0.05, 0) is 33.4 Å². The number of rotatable bonds is 5. The fourth-order valence-electron chi connectivity index (χ4n) is 1.83. The van der Waals surface area contributed by atoms with Gasteiger partial charge in [0, 0.05) is 19.0 Å². The van der Waals surface area contributed by atoms with Crippen LogP contribution in [0.5, 0.6) is 0 Å². The second-order valence-electron chi connectivity index (χ2n) is 5.27. The predicted octanol–water partition coefficient (Wildman–Crippen LogP) is 0.0712. The van der Waals surface area contributed by atoms with Crippen LogP contribution in [-0.4, -0.2) is 48.7 Å². The summed E-state index contributed by atoms with van der Waals surface area (Å²) >= 11 is 0. The van der Waals surface area contributed by atoms with E-state index in [1.165, 1.54) is 0 Å². The first kappa shape index (κ1) is 12.5. The normalized spacial score (nSPS) is 28.7. The Morgan fingerprint density at radius 3 is 2.53 bits per heavy atom. The molecular formula is C11H22N2O2. The van der Waals surface area contributed by atoms with Gasteiger partial charge in [-0.25, -0.2) is 0 Å². The Hall–Kier alpha value is -0.610. The number of carbonyl (C=O) groups excluding carboxylic acids is 1. The second-order valence-corrected chi connectivity index (χ2v) is 5.27. The molecule has 0 radical (unpaired) electrons. The smallest absolute Gasteiger partial charge is 0.223 e. The zero-order chi connectivity index (χ0) is 11.6. The monoisotopic (exact) mass is 214 g/mol. The third-order valence-electron chi connectivity index (χ3n) is 2.75. The topological polar surface area (TPSA) is 52.6 Å². The molecule has 0 bridgehead atoms. The third kappa shape index (κ3) is 4.18. The van der Waals surface area contributed by atoms with E-state index in [-0.39, 0.29) is 11.8 Å². The molecule has 1 rings (SSSR count). The highest BCUT2D eigenvalue weighted by Crippen LogP contribution is 2.37. The lowest BCUT2D eigenvalue weighted by Crippen LogP contribution is -2.47. The van der Waals surface area contributed by atoms with E-state index in [1.807, 2.05) is 19.0 Å². The summed E-state index contributed by atoms with van der Waals surface area (Å²) in [7, 11) is 3.80. The number of nitrogens with one attached hydrogen (secondary N) is 1. The van der Waals surface area contributed by atoms with E-state index in [9.17, 15) is 9.90 Å². The number of nitrogens with zero attached hydrogens (tertiary/aromatic N) is 1. The lowest BCUT2D eigenvalue weighted by Gasteiger charge is -2.27. The van der Waals surface area contributed by atoms with Crippen LogP contribution in [0.3, 0.4) is 0 Å². The standard InChI is InChI=1S/C11H22N2O2/c1-8-5-9(8)10(14)12-6-11(2,15)7-13(3)4/h8-9,15H,5-7H2,1-4H3,(H,12,14). The third-order valence-corrected chi connectivity index (χ3v) is 2.75. The van der Waals surface area contributed by atoms with Crippen LogP contribution in [0.25, 0.3) is 0 Å². The van der Waals surface area contributed by atoms with Crippen molar-refractivity contribution < 1.29 is 9.90 Å². The van der Waals surface area contributed by atoms with E-state index in [1.54, 1.807) is 6.92 Å². The average molecular weight is 214 g/mol. The minimum absolute atomic E-state index is 0.0848. The van der Waals surface area contributed by atoms with Gasteiger partial charge in [0.05, 0.1) is 5.60 Å². The summed E-state index contributed by atoms with van der Waals surface area (Å²) in [6.07, 6.45) is 0.988. The Kier molecular flexibility index (Phi) is 3.73. The Morgan fingerprint density at radius 1 is 1.60 bits per heavy atom. The van der Waals surface area contributed by atoms with Crippen LogP contribution < -0.4 is 5.32 Å². The molecule has 3 atom stereocenters. The largest absolute Gasteiger partial charge is 0.387 e. The first-order valence-corrected chi connectivity index (χ1v) is 5.46. The van der Waals surface area contributed by atoms with E-state index in [2.05, 4.69) is 12.2 Å². The van der Waals surface area contributed by atoms with Crippen molar-refractivity contribution in [3.8, 4) is 0 Å². The molecule has 0 spiro atoms. The minimum atomic E-state index is -0.850. The van der Waals surface area contributed by atoms with Crippen LogP contribution in [0.15, 0.2) is 0 Å². The number of carbonyl (C=O) groups is 1. The SMILES string of the molecule is CC1CC1C(=O)NCC(C)(O)CN(C)C. The van der Waals surface area contributed by atoms with Gasteiger partial charge < -0.3 is 15.3 Å². The van der Waals surface area contributed by atoms with Crippen LogP contribution in [0, 0.1) is 11.8 Å². The molecule has 0 aromatic rings. The van der Waals surface area contributed by atoms with Gasteiger partial charge in [0.25, 0.3) is 0 Å². The summed E-state index contributed by atoms with van der Waals surface area (Å²) < 4.78 is 0. The fraction of sp³-hybridized carbons (Fsp3) is 0.909. The van der Waals surface area contributed by atoms with E-state index in [0.29, 0.717) is 19.0 Å². The molecule has 0 aromatic carbocycles. The van der Waals surface area contributed by atoms with E-state index in [0.717, 1.165) is 6.42 Å². The van der Waals surface area contributed by atoms with Crippen LogP contribution >= 0.6 is 0 Å². The highest BCUT2D eigenvalue weighted by atomic mass is 16.3. The Bertz CT molecular complexity index is 239. The van der Waals surface area contributed by atoms with E-state index in [4.69, 9.17) is 0 Å². The summed E-state index contributed by atoms with van der Waals surface area (Å²) in [5.41, 5.74) is -0.850. The van der Waals surface area contributed by atoms with Gasteiger partial charge in [0.2, 0.25) is 5.91 Å². The molecule has 0 aromatic heterocycles. The van der Waals surface area contributed by atoms with Crippen molar-refractivity contribution in [3.63, 3.8) is 0 Å². The Balaban J connectivity index is 2.26. The lowest BCUT2D eigenvalue weighted by molar-refractivity contribution is -0.123. The van der Waals surface area contributed by atoms with Crippen LogP contribution in [0.1, 0.15) is 20.3 Å². The molecule has 88 valence electrons. The average Bonchev–Trinajstić information content (AvgIpc) is 2.76. The number of amides is 1. The second kappa shape index (κ2) is 4.49.